The summed E-state index contributed by atoms with van der Waals surface area (Å²) in [6.07, 6.45) is 4.96. The molecule has 7 aromatic carbocycles. The van der Waals surface area contributed by atoms with Gasteiger partial charge in [0.25, 0.3) is 0 Å². The molecule has 290 valence electrons. The summed E-state index contributed by atoms with van der Waals surface area (Å²) in [7, 11) is 0. The van der Waals surface area contributed by atoms with Crippen molar-refractivity contribution in [2.24, 2.45) is 0 Å². The van der Waals surface area contributed by atoms with E-state index in [0.29, 0.717) is 0 Å². The maximum atomic E-state index is 4.74. The number of aromatic nitrogens is 4. The lowest BCUT2D eigenvalue weighted by atomic mass is 9.85. The van der Waals surface area contributed by atoms with E-state index in [-0.39, 0.29) is 11.6 Å². The Bertz CT molecular complexity index is 3600. The third-order valence-electron chi connectivity index (χ3n) is 13.4. The molecule has 4 nitrogen and oxygen atoms in total. The molecular weight excluding hydrogens is 749 g/mol. The van der Waals surface area contributed by atoms with Crippen LogP contribution in [0, 0.1) is 0 Å². The molecule has 0 radical (unpaired) electrons. The molecule has 2 atom stereocenters. The normalized spacial score (nSPS) is 13.8. The Kier molecular flexibility index (Phi) is 7.89. The van der Waals surface area contributed by atoms with Crippen LogP contribution in [0.15, 0.2) is 170 Å². The van der Waals surface area contributed by atoms with Crippen molar-refractivity contribution < 1.29 is 0 Å². The summed E-state index contributed by atoms with van der Waals surface area (Å²) in [5.74, 6) is 0. The monoisotopic (exact) mass is 792 g/mol. The zero-order valence-electron chi connectivity index (χ0n) is 34.1. The number of hydrogen-bond donors (Lipinski definition) is 0. The molecule has 12 rings (SSSR count). The molecule has 0 aliphatic rings. The highest BCUT2D eigenvalue weighted by Gasteiger charge is 2.32. The molecule has 5 aromatic heterocycles. The van der Waals surface area contributed by atoms with Crippen LogP contribution in [0.5, 0.6) is 0 Å². The maximum Gasteiger partial charge on any atom is 0.124 e. The van der Waals surface area contributed by atoms with Gasteiger partial charge in [0, 0.05) is 71.4 Å². The first kappa shape index (κ1) is 35.3. The molecule has 0 aliphatic heterocycles. The van der Waals surface area contributed by atoms with E-state index >= 15 is 0 Å². The van der Waals surface area contributed by atoms with Crippen LogP contribution in [-0.4, -0.2) is 18.7 Å². The van der Waals surface area contributed by atoms with E-state index in [1.807, 2.05) is 12.3 Å². The van der Waals surface area contributed by atoms with Crippen molar-refractivity contribution in [3.8, 4) is 5.69 Å². The van der Waals surface area contributed by atoms with Crippen molar-refractivity contribution in [1.29, 1.82) is 0 Å². The second-order valence-corrected chi connectivity index (χ2v) is 17.7. The van der Waals surface area contributed by atoms with Gasteiger partial charge in [-0.15, -0.1) is 11.3 Å². The molecule has 0 N–H and O–H groups in total. The predicted molar refractivity (Wildman–Crippen MR) is 256 cm³/mol. The van der Waals surface area contributed by atoms with Crippen molar-refractivity contribution in [2.75, 3.05) is 0 Å². The van der Waals surface area contributed by atoms with Gasteiger partial charge in [-0.1, -0.05) is 117 Å². The Morgan fingerprint density at radius 2 is 1.10 bits per heavy atom. The molecule has 2 unspecified atom stereocenters. The Morgan fingerprint density at radius 1 is 0.533 bits per heavy atom. The number of hydrogen-bond acceptors (Lipinski definition) is 2. The molecule has 0 fully saturated rings. The van der Waals surface area contributed by atoms with E-state index in [1.54, 1.807) is 11.3 Å². The average Bonchev–Trinajstić information content (AvgIpc) is 4.04. The van der Waals surface area contributed by atoms with Gasteiger partial charge in [0.15, 0.2) is 0 Å². The zero-order valence-corrected chi connectivity index (χ0v) is 34.9. The lowest BCUT2D eigenvalue weighted by Gasteiger charge is -2.34. The van der Waals surface area contributed by atoms with Gasteiger partial charge in [-0.3, -0.25) is 0 Å². The summed E-state index contributed by atoms with van der Waals surface area (Å²) in [5, 5.41) is 10.3. The highest BCUT2D eigenvalue weighted by atomic mass is 32.1. The lowest BCUT2D eigenvalue weighted by molar-refractivity contribution is 0.380. The van der Waals surface area contributed by atoms with Crippen LogP contribution in [0.4, 0.5) is 0 Å². The minimum atomic E-state index is -0.255. The van der Waals surface area contributed by atoms with Gasteiger partial charge in [-0.25, -0.2) is 4.98 Å². The molecule has 0 bridgehead atoms. The van der Waals surface area contributed by atoms with Crippen LogP contribution in [0.1, 0.15) is 57.2 Å². The van der Waals surface area contributed by atoms with Gasteiger partial charge in [0.1, 0.15) is 4.83 Å². The van der Waals surface area contributed by atoms with E-state index in [9.17, 15) is 0 Å². The molecule has 0 aliphatic carbocycles. The van der Waals surface area contributed by atoms with Crippen LogP contribution in [0.25, 0.3) is 91.4 Å². The molecule has 0 amide bonds. The largest absolute Gasteiger partial charge is 0.333 e. The van der Waals surface area contributed by atoms with Gasteiger partial charge < -0.3 is 13.7 Å². The number of thiophene rings is 1. The quantitative estimate of drug-likeness (QED) is 0.151. The fourth-order valence-electron chi connectivity index (χ4n) is 10.8. The second-order valence-electron chi connectivity index (χ2n) is 16.7. The maximum absolute atomic E-state index is 4.74. The summed E-state index contributed by atoms with van der Waals surface area (Å²) in [6.45, 7) is 7.11. The number of fused-ring (bicyclic) bond motifs is 12. The van der Waals surface area contributed by atoms with E-state index in [0.717, 1.165) is 24.1 Å². The van der Waals surface area contributed by atoms with Crippen LogP contribution in [0.2, 0.25) is 0 Å². The molecule has 0 saturated heterocycles. The van der Waals surface area contributed by atoms with E-state index < -0.39 is 0 Å². The van der Waals surface area contributed by atoms with Gasteiger partial charge in [-0.2, -0.15) is 0 Å². The van der Waals surface area contributed by atoms with Crippen molar-refractivity contribution in [3.63, 3.8) is 0 Å². The van der Waals surface area contributed by atoms with Crippen LogP contribution in [0.3, 0.4) is 0 Å². The Labute approximate surface area is 352 Å². The topological polar surface area (TPSA) is 27.7 Å². The molecule has 5 heterocycles. The fraction of sp³-hybridized carbons (Fsp3) is 0.145. The Balaban J connectivity index is 1.04. The minimum absolute atomic E-state index is 0.140. The van der Waals surface area contributed by atoms with Gasteiger partial charge >= 0.3 is 0 Å². The molecule has 0 saturated carbocycles. The number of benzene rings is 7. The minimum Gasteiger partial charge on any atom is -0.333 e. The summed E-state index contributed by atoms with van der Waals surface area (Å²) < 4.78 is 8.99. The van der Waals surface area contributed by atoms with Crippen LogP contribution < -0.4 is 0 Å². The predicted octanol–water partition coefficient (Wildman–Crippen LogP) is 15.3. The van der Waals surface area contributed by atoms with Gasteiger partial charge in [0.2, 0.25) is 0 Å². The van der Waals surface area contributed by atoms with Crippen molar-refractivity contribution in [1.82, 2.24) is 18.7 Å². The first-order valence-electron chi connectivity index (χ1n) is 21.4. The summed E-state index contributed by atoms with van der Waals surface area (Å²) in [4.78, 5) is 5.81. The smallest absolute Gasteiger partial charge is 0.124 e. The third-order valence-corrected chi connectivity index (χ3v) is 14.6. The van der Waals surface area contributed by atoms with Gasteiger partial charge in [-0.05, 0) is 97.6 Å². The summed E-state index contributed by atoms with van der Waals surface area (Å²) in [5.41, 5.74) is 11.2. The highest BCUT2D eigenvalue weighted by molar-refractivity contribution is 7.25. The highest BCUT2D eigenvalue weighted by Crippen LogP contribution is 2.45. The summed E-state index contributed by atoms with van der Waals surface area (Å²) in [6, 6.07) is 61.5. The van der Waals surface area contributed by atoms with Gasteiger partial charge in [0.05, 0.1) is 33.0 Å². The van der Waals surface area contributed by atoms with Crippen molar-refractivity contribution >= 4 is 97.1 Å². The Morgan fingerprint density at radius 3 is 1.82 bits per heavy atom. The number of nitrogens with zero attached hydrogens (tertiary/aromatic N) is 4. The number of para-hydroxylation sites is 4. The molecule has 12 aromatic rings. The zero-order chi connectivity index (χ0) is 40.1. The molecule has 5 heteroatoms. The number of pyridine rings is 1. The first-order valence-corrected chi connectivity index (χ1v) is 22.2. The SMILES string of the molecule is CCCC(C)(c1ccc2c(c1)c1ccccc1n2C(CC)c1ccc2c(c1)c1ccccc1n2-c1cccc2c1sc1ncccc12)n1c2ccccc2c2ccccc21. The summed E-state index contributed by atoms with van der Waals surface area (Å²) >= 11 is 1.78. The van der Waals surface area contributed by atoms with Crippen molar-refractivity contribution in [2.45, 2.75) is 51.6 Å². The standard InChI is InChI=1S/C55H44N4S/c1-4-31-55(3,59-50-24-12-8-16-37(50)38-17-9-13-25-51(38)59)36-28-30-49-44(34-36)40-19-7-10-22-46(40)57(49)45(5-2)35-27-29-48-43(33-35)39-18-6-11-23-47(39)58(48)52-26-14-20-41-42-21-15-32-56-54(42)60-53(41)52/h6-30,32-34,45H,4-5,31H2,1-3H3. The van der Waals surface area contributed by atoms with E-state index in [1.165, 1.54) is 97.7 Å². The number of rotatable bonds is 8. The average molecular weight is 793 g/mol. The third kappa shape index (κ3) is 4.93. The molecular formula is C55H44N4S. The molecule has 0 spiro atoms. The fourth-order valence-corrected chi connectivity index (χ4v) is 12.0. The van der Waals surface area contributed by atoms with Crippen molar-refractivity contribution in [3.05, 3.63) is 181 Å². The first-order chi connectivity index (χ1) is 29.6. The second kappa shape index (κ2) is 13.4. The van der Waals surface area contributed by atoms with E-state index in [2.05, 4.69) is 192 Å². The molecule has 60 heavy (non-hydrogen) atoms. The lowest BCUT2D eigenvalue weighted by Crippen LogP contribution is -2.31. The van der Waals surface area contributed by atoms with Crippen LogP contribution >= 0.6 is 11.3 Å². The Hall–Kier alpha value is -6.69. The van der Waals surface area contributed by atoms with Crippen LogP contribution in [-0.2, 0) is 5.54 Å². The van der Waals surface area contributed by atoms with E-state index in [4.69, 9.17) is 4.98 Å².